The Kier molecular flexibility index (Phi) is 4.19. The second-order valence-corrected chi connectivity index (χ2v) is 5.17. The Balaban J connectivity index is 1.86. The van der Waals surface area contributed by atoms with Crippen LogP contribution in [0.3, 0.4) is 0 Å². The van der Waals surface area contributed by atoms with Crippen LogP contribution in [0.25, 0.3) is 11.3 Å². The van der Waals surface area contributed by atoms with Crippen molar-refractivity contribution in [2.75, 3.05) is 6.61 Å². The van der Waals surface area contributed by atoms with Gasteiger partial charge in [0.15, 0.2) is 6.23 Å². The maximum atomic E-state index is 10.0. The number of rotatable bonds is 3. The monoisotopic (exact) mass is 307 g/mol. The van der Waals surface area contributed by atoms with E-state index in [1.807, 2.05) is 30.3 Å². The Morgan fingerprint density at radius 2 is 1.77 bits per heavy atom. The molecule has 0 amide bonds. The van der Waals surface area contributed by atoms with Gasteiger partial charge >= 0.3 is 0 Å². The molecular formula is C14H17N3O5. The van der Waals surface area contributed by atoms with E-state index in [4.69, 9.17) is 4.74 Å². The van der Waals surface area contributed by atoms with Crippen LogP contribution in [0.5, 0.6) is 0 Å². The Bertz CT molecular complexity index is 618. The molecule has 0 aliphatic carbocycles. The molecule has 1 aromatic heterocycles. The predicted molar refractivity (Wildman–Crippen MR) is 74.5 cm³/mol. The lowest BCUT2D eigenvalue weighted by molar-refractivity contribution is -0.254. The van der Waals surface area contributed by atoms with Crippen molar-refractivity contribution in [1.29, 1.82) is 0 Å². The van der Waals surface area contributed by atoms with E-state index in [0.717, 1.165) is 5.56 Å². The molecule has 1 saturated heterocycles. The first-order valence-corrected chi connectivity index (χ1v) is 6.89. The van der Waals surface area contributed by atoms with Crippen LogP contribution in [-0.2, 0) is 4.74 Å². The van der Waals surface area contributed by atoms with E-state index in [1.54, 1.807) is 6.20 Å². The average Bonchev–Trinajstić information content (AvgIpc) is 3.04. The molecule has 2 aromatic rings. The summed E-state index contributed by atoms with van der Waals surface area (Å²) in [6.45, 7) is -0.484. The fourth-order valence-corrected chi connectivity index (χ4v) is 2.44. The molecule has 8 heteroatoms. The van der Waals surface area contributed by atoms with Gasteiger partial charge in [-0.3, -0.25) is 0 Å². The van der Waals surface area contributed by atoms with Crippen LogP contribution in [0.15, 0.2) is 36.5 Å². The zero-order valence-corrected chi connectivity index (χ0v) is 11.6. The third-order valence-corrected chi connectivity index (χ3v) is 3.71. The van der Waals surface area contributed by atoms with Gasteiger partial charge in [-0.05, 0) is 0 Å². The van der Waals surface area contributed by atoms with Crippen LogP contribution in [0.1, 0.15) is 6.23 Å². The second kappa shape index (κ2) is 6.11. The van der Waals surface area contributed by atoms with Crippen LogP contribution < -0.4 is 0 Å². The fourth-order valence-electron chi connectivity index (χ4n) is 2.44. The highest BCUT2D eigenvalue weighted by Crippen LogP contribution is 2.28. The number of aliphatic hydroxyl groups is 4. The molecule has 118 valence electrons. The third kappa shape index (κ3) is 2.62. The summed E-state index contributed by atoms with van der Waals surface area (Å²) in [6, 6.07) is 9.33. The van der Waals surface area contributed by atoms with Crippen molar-refractivity contribution in [1.82, 2.24) is 15.0 Å². The minimum atomic E-state index is -1.44. The molecule has 4 N–H and O–H groups in total. The number of nitrogens with zero attached hydrogens (tertiary/aromatic N) is 3. The van der Waals surface area contributed by atoms with E-state index < -0.39 is 37.3 Å². The summed E-state index contributed by atoms with van der Waals surface area (Å²) in [5, 5.41) is 46.7. The summed E-state index contributed by atoms with van der Waals surface area (Å²) in [7, 11) is 0. The smallest absolute Gasteiger partial charge is 0.180 e. The van der Waals surface area contributed by atoms with Crippen LogP contribution in [0, 0.1) is 0 Å². The molecule has 3 rings (SSSR count). The minimum Gasteiger partial charge on any atom is -0.394 e. The Hall–Kier alpha value is -1.84. The van der Waals surface area contributed by atoms with E-state index in [-0.39, 0.29) is 0 Å². The van der Waals surface area contributed by atoms with E-state index >= 15 is 0 Å². The van der Waals surface area contributed by atoms with Crippen LogP contribution in [0.2, 0.25) is 0 Å². The number of hydrogen-bond acceptors (Lipinski definition) is 7. The van der Waals surface area contributed by atoms with Gasteiger partial charge in [-0.1, -0.05) is 35.5 Å². The van der Waals surface area contributed by atoms with Crippen LogP contribution in [0.4, 0.5) is 0 Å². The first-order valence-electron chi connectivity index (χ1n) is 6.89. The molecule has 5 atom stereocenters. The van der Waals surface area contributed by atoms with Crippen LogP contribution in [-0.4, -0.2) is 66.4 Å². The van der Waals surface area contributed by atoms with Crippen molar-refractivity contribution in [2.24, 2.45) is 0 Å². The van der Waals surface area contributed by atoms with Gasteiger partial charge in [-0.15, -0.1) is 5.10 Å². The van der Waals surface area contributed by atoms with Crippen molar-refractivity contribution in [3.8, 4) is 11.3 Å². The average molecular weight is 307 g/mol. The molecule has 1 fully saturated rings. The summed E-state index contributed by atoms with van der Waals surface area (Å²) in [5.41, 5.74) is 1.43. The van der Waals surface area contributed by atoms with E-state index in [9.17, 15) is 20.4 Å². The first kappa shape index (κ1) is 15.1. The van der Waals surface area contributed by atoms with Crippen molar-refractivity contribution in [3.05, 3.63) is 36.5 Å². The van der Waals surface area contributed by atoms with Gasteiger partial charge in [0.2, 0.25) is 0 Å². The van der Waals surface area contributed by atoms with Gasteiger partial charge < -0.3 is 25.2 Å². The summed E-state index contributed by atoms with van der Waals surface area (Å²) < 4.78 is 6.68. The fraction of sp³-hybridized carbons (Fsp3) is 0.429. The molecule has 1 aliphatic heterocycles. The summed E-state index contributed by atoms with van der Waals surface area (Å²) in [6.07, 6.45) is -4.67. The molecule has 0 spiro atoms. The van der Waals surface area contributed by atoms with Gasteiger partial charge in [-0.25, -0.2) is 4.68 Å². The van der Waals surface area contributed by atoms with Crippen molar-refractivity contribution < 1.29 is 25.2 Å². The maximum Gasteiger partial charge on any atom is 0.180 e. The number of aliphatic hydroxyl groups excluding tert-OH is 4. The SMILES string of the molecule is OCC1OC(n2cc(-c3ccccc3)nn2)C(O)C(O)C1O. The van der Waals surface area contributed by atoms with Gasteiger partial charge in [0.25, 0.3) is 0 Å². The summed E-state index contributed by atoms with van der Waals surface area (Å²) >= 11 is 0. The Morgan fingerprint density at radius 3 is 2.45 bits per heavy atom. The Morgan fingerprint density at radius 1 is 1.05 bits per heavy atom. The van der Waals surface area contributed by atoms with Gasteiger partial charge in [0.1, 0.15) is 30.1 Å². The van der Waals surface area contributed by atoms with Crippen LogP contribution >= 0.6 is 0 Å². The zero-order chi connectivity index (χ0) is 15.7. The standard InChI is InChI=1S/C14H17N3O5/c18-7-10-11(19)12(20)13(21)14(22-10)17-6-9(15-16-17)8-4-2-1-3-5-8/h1-6,10-14,18-21H,7H2. The highest BCUT2D eigenvalue weighted by molar-refractivity contribution is 5.57. The maximum absolute atomic E-state index is 10.0. The van der Waals surface area contributed by atoms with Crippen molar-refractivity contribution >= 4 is 0 Å². The number of hydrogen-bond donors (Lipinski definition) is 4. The predicted octanol–water partition coefficient (Wildman–Crippen LogP) is -1.08. The number of ether oxygens (including phenoxy) is 1. The quantitative estimate of drug-likeness (QED) is 0.569. The van der Waals surface area contributed by atoms with Crippen molar-refractivity contribution in [3.63, 3.8) is 0 Å². The van der Waals surface area contributed by atoms with Gasteiger partial charge in [-0.2, -0.15) is 0 Å². The minimum absolute atomic E-state index is 0.484. The molecule has 0 saturated carbocycles. The highest BCUT2D eigenvalue weighted by Gasteiger charge is 2.44. The van der Waals surface area contributed by atoms with Crippen molar-refractivity contribution in [2.45, 2.75) is 30.6 Å². The molecule has 2 heterocycles. The molecule has 5 unspecified atom stereocenters. The largest absolute Gasteiger partial charge is 0.394 e. The summed E-state index contributed by atoms with van der Waals surface area (Å²) in [5.74, 6) is 0. The zero-order valence-electron chi connectivity index (χ0n) is 11.6. The number of benzene rings is 1. The van der Waals surface area contributed by atoms with Gasteiger partial charge in [0.05, 0.1) is 12.8 Å². The molecule has 1 aliphatic rings. The molecular weight excluding hydrogens is 290 g/mol. The lowest BCUT2D eigenvalue weighted by Gasteiger charge is -2.39. The lowest BCUT2D eigenvalue weighted by atomic mass is 9.98. The topological polar surface area (TPSA) is 121 Å². The number of aromatic nitrogens is 3. The van der Waals surface area contributed by atoms with E-state index in [1.165, 1.54) is 4.68 Å². The first-order chi connectivity index (χ1) is 10.6. The Labute approximate surface area is 126 Å². The molecule has 22 heavy (non-hydrogen) atoms. The third-order valence-electron chi connectivity index (χ3n) is 3.71. The molecule has 0 radical (unpaired) electrons. The normalized spacial score (nSPS) is 32.1. The lowest BCUT2D eigenvalue weighted by Crippen LogP contribution is -2.56. The van der Waals surface area contributed by atoms with E-state index in [0.29, 0.717) is 5.69 Å². The highest BCUT2D eigenvalue weighted by atomic mass is 16.6. The summed E-state index contributed by atoms with van der Waals surface area (Å²) in [4.78, 5) is 0. The molecule has 1 aromatic carbocycles. The van der Waals surface area contributed by atoms with Gasteiger partial charge in [0, 0.05) is 5.56 Å². The molecule has 0 bridgehead atoms. The van der Waals surface area contributed by atoms with E-state index in [2.05, 4.69) is 10.3 Å². The molecule has 8 nitrogen and oxygen atoms in total. The second-order valence-electron chi connectivity index (χ2n) is 5.17.